The van der Waals surface area contributed by atoms with E-state index in [9.17, 15) is 17.4 Å². The van der Waals surface area contributed by atoms with Crippen LogP contribution in [0.2, 0.25) is 0 Å². The van der Waals surface area contributed by atoms with E-state index in [2.05, 4.69) is 0 Å². The van der Waals surface area contributed by atoms with Crippen LogP contribution in [0.3, 0.4) is 0 Å². The maximum Gasteiger partial charge on any atom is 0.417 e. The van der Waals surface area contributed by atoms with E-state index >= 15 is 0 Å². The number of halogens is 3. The van der Waals surface area contributed by atoms with Crippen molar-refractivity contribution in [3.05, 3.63) is 41.0 Å². The Morgan fingerprint density at radius 3 is 2.67 bits per heavy atom. The fourth-order valence-electron chi connectivity index (χ4n) is 2.99. The molecule has 3 unspecified atom stereocenters. The average molecular weight is 311 g/mol. The molecule has 0 spiro atoms. The molecule has 1 aromatic rings. The lowest BCUT2D eigenvalue weighted by Crippen LogP contribution is -2.20. The zero-order chi connectivity index (χ0) is 15.2. The van der Waals surface area contributed by atoms with Crippen molar-refractivity contribution in [2.45, 2.75) is 35.9 Å². The van der Waals surface area contributed by atoms with Gasteiger partial charge in [0.25, 0.3) is 0 Å². The van der Waals surface area contributed by atoms with Gasteiger partial charge in [0, 0.05) is 16.0 Å². The topological polar surface area (TPSA) is 40.9 Å². The summed E-state index contributed by atoms with van der Waals surface area (Å²) in [5.41, 5.74) is 0.0312. The fraction of sp³-hybridized carbons (Fsp3) is 0.400. The van der Waals surface area contributed by atoms with Crippen molar-refractivity contribution in [1.29, 1.82) is 5.26 Å². The molecule has 0 amide bonds. The minimum atomic E-state index is -4.54. The molecule has 0 saturated carbocycles. The molecule has 110 valence electrons. The predicted octanol–water partition coefficient (Wildman–Crippen LogP) is 3.64. The standard InChI is InChI=1S/C15H12F3NOS/c16-15(17,18)14-7-9(1-2-10(14)8-19)11-5-12-3-4-13(6-11)21(12)20/h1-2,5,7,12-13H,3-4,6H2. The third kappa shape index (κ3) is 2.51. The number of allylic oxidation sites excluding steroid dienone is 1. The molecule has 2 nitrogen and oxygen atoms in total. The van der Waals surface area contributed by atoms with Crippen LogP contribution in [0.5, 0.6) is 0 Å². The molecule has 21 heavy (non-hydrogen) atoms. The predicted molar refractivity (Wildman–Crippen MR) is 73.7 cm³/mol. The minimum Gasteiger partial charge on any atom is -0.259 e. The first-order valence-corrected chi connectivity index (χ1v) is 7.89. The quantitative estimate of drug-likeness (QED) is 0.794. The smallest absolute Gasteiger partial charge is 0.259 e. The molecule has 1 fully saturated rings. The molecule has 0 radical (unpaired) electrons. The molecule has 2 aliphatic rings. The van der Waals surface area contributed by atoms with Crippen molar-refractivity contribution in [3.8, 4) is 6.07 Å². The van der Waals surface area contributed by atoms with E-state index in [1.807, 2.05) is 6.08 Å². The van der Waals surface area contributed by atoms with Crippen molar-refractivity contribution in [3.63, 3.8) is 0 Å². The van der Waals surface area contributed by atoms with E-state index in [0.29, 0.717) is 12.0 Å². The van der Waals surface area contributed by atoms with Crippen molar-refractivity contribution in [2.24, 2.45) is 0 Å². The Labute approximate surface area is 122 Å². The zero-order valence-corrected chi connectivity index (χ0v) is 11.8. The SMILES string of the molecule is N#Cc1ccc(C2=CC3CCC(C2)S3=O)cc1C(F)(F)F. The molecule has 3 atom stereocenters. The lowest BCUT2D eigenvalue weighted by atomic mass is 9.96. The number of benzene rings is 1. The molecule has 3 rings (SSSR count). The molecule has 2 aliphatic heterocycles. The number of fused-ring (bicyclic) bond motifs is 2. The van der Waals surface area contributed by atoms with Crippen LogP contribution < -0.4 is 0 Å². The molecule has 1 saturated heterocycles. The number of alkyl halides is 3. The first kappa shape index (κ1) is 14.3. The number of nitriles is 1. The molecule has 0 N–H and O–H groups in total. The Kier molecular flexibility index (Phi) is 3.40. The summed E-state index contributed by atoms with van der Waals surface area (Å²) in [7, 11) is -0.892. The summed E-state index contributed by atoms with van der Waals surface area (Å²) in [6, 6.07) is 5.38. The van der Waals surface area contributed by atoms with Gasteiger partial charge in [-0.05, 0) is 42.5 Å². The Morgan fingerprint density at radius 1 is 1.29 bits per heavy atom. The van der Waals surface area contributed by atoms with Crippen LogP contribution in [0.15, 0.2) is 24.3 Å². The van der Waals surface area contributed by atoms with E-state index in [-0.39, 0.29) is 16.1 Å². The van der Waals surface area contributed by atoms with Crippen molar-refractivity contribution < 1.29 is 17.4 Å². The first-order valence-electron chi connectivity index (χ1n) is 6.62. The van der Waals surface area contributed by atoms with Crippen LogP contribution in [0, 0.1) is 11.3 Å². The fourth-order valence-corrected chi connectivity index (χ4v) is 4.87. The summed E-state index contributed by atoms with van der Waals surface area (Å²) in [6.45, 7) is 0. The third-order valence-corrected chi connectivity index (χ3v) is 6.08. The summed E-state index contributed by atoms with van der Waals surface area (Å²) in [4.78, 5) is 0. The van der Waals surface area contributed by atoms with Gasteiger partial charge in [-0.25, -0.2) is 0 Å². The van der Waals surface area contributed by atoms with Gasteiger partial charge in [-0.2, -0.15) is 18.4 Å². The number of nitrogens with zero attached hydrogens (tertiary/aromatic N) is 1. The van der Waals surface area contributed by atoms with Gasteiger partial charge in [0.05, 0.1) is 22.4 Å². The third-order valence-electron chi connectivity index (χ3n) is 4.05. The highest BCUT2D eigenvalue weighted by atomic mass is 32.2. The molecular weight excluding hydrogens is 299 g/mol. The van der Waals surface area contributed by atoms with E-state index in [0.717, 1.165) is 24.5 Å². The molecule has 2 heterocycles. The molecule has 2 bridgehead atoms. The lowest BCUT2D eigenvalue weighted by Gasteiger charge is -2.20. The average Bonchev–Trinajstić information content (AvgIpc) is 2.66. The second-order valence-corrected chi connectivity index (χ2v) is 7.26. The van der Waals surface area contributed by atoms with Crippen LogP contribution in [0.25, 0.3) is 5.57 Å². The van der Waals surface area contributed by atoms with Gasteiger partial charge >= 0.3 is 6.18 Å². The molecule has 6 heteroatoms. The van der Waals surface area contributed by atoms with Crippen molar-refractivity contribution in [2.75, 3.05) is 0 Å². The van der Waals surface area contributed by atoms with E-state index in [4.69, 9.17) is 5.26 Å². The van der Waals surface area contributed by atoms with E-state index < -0.39 is 22.5 Å². The summed E-state index contributed by atoms with van der Waals surface area (Å²) in [5, 5.41) is 8.82. The van der Waals surface area contributed by atoms with Gasteiger partial charge in [0.2, 0.25) is 0 Å². The number of rotatable bonds is 1. The Balaban J connectivity index is 2.03. The van der Waals surface area contributed by atoms with Crippen LogP contribution in [0.4, 0.5) is 13.2 Å². The maximum absolute atomic E-state index is 13.0. The summed E-state index contributed by atoms with van der Waals surface area (Å²) in [5.74, 6) is 0. The summed E-state index contributed by atoms with van der Waals surface area (Å²) >= 11 is 0. The second-order valence-electron chi connectivity index (χ2n) is 5.33. The number of hydrogen-bond acceptors (Lipinski definition) is 2. The minimum absolute atomic E-state index is 0.0382. The molecule has 1 aromatic carbocycles. The Bertz CT molecular complexity index is 687. The van der Waals surface area contributed by atoms with Crippen LogP contribution in [-0.2, 0) is 17.0 Å². The first-order chi connectivity index (χ1) is 9.90. The maximum atomic E-state index is 13.0. The number of hydrogen-bond donors (Lipinski definition) is 0. The highest BCUT2D eigenvalue weighted by molar-refractivity contribution is 7.86. The van der Waals surface area contributed by atoms with E-state index in [1.165, 1.54) is 6.07 Å². The second kappa shape index (κ2) is 4.99. The van der Waals surface area contributed by atoms with Crippen LogP contribution >= 0.6 is 0 Å². The molecular formula is C15H12F3NOS. The zero-order valence-electron chi connectivity index (χ0n) is 11.0. The highest BCUT2D eigenvalue weighted by Gasteiger charge is 2.37. The summed E-state index contributed by atoms with van der Waals surface area (Å²) in [6.07, 6.45) is -0.450. The normalized spacial score (nSPS) is 28.1. The van der Waals surface area contributed by atoms with Gasteiger partial charge in [0.1, 0.15) is 0 Å². The van der Waals surface area contributed by atoms with E-state index in [1.54, 1.807) is 12.1 Å². The highest BCUT2D eigenvalue weighted by Crippen LogP contribution is 2.40. The van der Waals surface area contributed by atoms with Gasteiger partial charge < -0.3 is 0 Å². The molecule has 0 aromatic heterocycles. The van der Waals surface area contributed by atoms with Crippen molar-refractivity contribution in [1.82, 2.24) is 0 Å². The monoisotopic (exact) mass is 311 g/mol. The van der Waals surface area contributed by atoms with Gasteiger partial charge in [0.15, 0.2) is 0 Å². The van der Waals surface area contributed by atoms with Gasteiger partial charge in [-0.1, -0.05) is 12.1 Å². The molecule has 0 aliphatic carbocycles. The van der Waals surface area contributed by atoms with Crippen molar-refractivity contribution >= 4 is 16.4 Å². The van der Waals surface area contributed by atoms with Gasteiger partial charge in [-0.3, -0.25) is 4.21 Å². The Morgan fingerprint density at radius 2 is 2.05 bits per heavy atom. The van der Waals surface area contributed by atoms with Gasteiger partial charge in [-0.15, -0.1) is 0 Å². The van der Waals surface area contributed by atoms with Crippen LogP contribution in [-0.4, -0.2) is 14.7 Å². The summed E-state index contributed by atoms with van der Waals surface area (Å²) < 4.78 is 50.9. The Hall–Kier alpha value is -1.61. The lowest BCUT2D eigenvalue weighted by molar-refractivity contribution is -0.137. The van der Waals surface area contributed by atoms with Crippen LogP contribution in [0.1, 0.15) is 36.0 Å². The largest absolute Gasteiger partial charge is 0.417 e.